The molecule has 0 atom stereocenters. The Bertz CT molecular complexity index is 995. The number of hydrogen-bond donors (Lipinski definition) is 2. The van der Waals surface area contributed by atoms with Crippen molar-refractivity contribution in [3.63, 3.8) is 0 Å². The number of aromatic nitrogens is 1. The quantitative estimate of drug-likeness (QED) is 0.743. The summed E-state index contributed by atoms with van der Waals surface area (Å²) < 4.78 is 11.0. The lowest BCUT2D eigenvalue weighted by Gasteiger charge is -2.34. The molecule has 0 aliphatic carbocycles. The molecule has 0 spiro atoms. The summed E-state index contributed by atoms with van der Waals surface area (Å²) >= 11 is 0. The van der Waals surface area contributed by atoms with Crippen LogP contribution in [0.3, 0.4) is 0 Å². The second-order valence-corrected chi connectivity index (χ2v) is 7.79. The van der Waals surface area contributed by atoms with Gasteiger partial charge in [-0.15, -0.1) is 0 Å². The summed E-state index contributed by atoms with van der Waals surface area (Å²) in [5, 5.41) is 14.6. The Balaban J connectivity index is 1.74. The topological polar surface area (TPSA) is 87.5 Å². The van der Waals surface area contributed by atoms with Crippen molar-refractivity contribution in [2.75, 3.05) is 33.4 Å². The lowest BCUT2D eigenvalue weighted by atomic mass is 9.92. The zero-order chi connectivity index (χ0) is 21.1. The van der Waals surface area contributed by atoms with E-state index in [1.165, 1.54) is 0 Å². The van der Waals surface area contributed by atoms with Crippen molar-refractivity contribution in [2.45, 2.75) is 32.2 Å². The predicted octanol–water partition coefficient (Wildman–Crippen LogP) is 2.89. The standard InChI is InChI=1S/C23H28N4O3/c1-15(28)27-10-6-21(26-16-7-11-30-12-8-16)20(14-27)23(24)18-3-4-22(29-2)17-5-9-25-13-19(17)18/h3-5,9,13,16,24,26H,6-8,10-12,14H2,1-2H3. The summed E-state index contributed by atoms with van der Waals surface area (Å²) in [6.45, 7) is 4.21. The smallest absolute Gasteiger partial charge is 0.219 e. The molecule has 1 aromatic heterocycles. The van der Waals surface area contributed by atoms with Crippen molar-refractivity contribution in [1.29, 1.82) is 5.41 Å². The number of nitrogens with one attached hydrogen (secondary N) is 2. The van der Waals surface area contributed by atoms with E-state index in [1.54, 1.807) is 26.4 Å². The number of benzene rings is 1. The fourth-order valence-electron chi connectivity index (χ4n) is 4.23. The van der Waals surface area contributed by atoms with E-state index >= 15 is 0 Å². The highest BCUT2D eigenvalue weighted by Crippen LogP contribution is 2.30. The molecule has 7 nitrogen and oxygen atoms in total. The van der Waals surface area contributed by atoms with Crippen LogP contribution >= 0.6 is 0 Å². The summed E-state index contributed by atoms with van der Waals surface area (Å²) in [5.74, 6) is 0.791. The van der Waals surface area contributed by atoms with Crippen molar-refractivity contribution >= 4 is 22.4 Å². The molecule has 2 aromatic rings. The van der Waals surface area contributed by atoms with Gasteiger partial charge >= 0.3 is 0 Å². The summed E-state index contributed by atoms with van der Waals surface area (Å²) in [6, 6.07) is 6.05. The first-order chi connectivity index (χ1) is 14.6. The normalized spacial score (nSPS) is 17.9. The molecule has 0 bridgehead atoms. The van der Waals surface area contributed by atoms with Crippen LogP contribution in [0.5, 0.6) is 5.75 Å². The van der Waals surface area contributed by atoms with Crippen LogP contribution in [0.1, 0.15) is 31.7 Å². The van der Waals surface area contributed by atoms with E-state index in [1.807, 2.05) is 23.1 Å². The minimum Gasteiger partial charge on any atom is -0.496 e. The highest BCUT2D eigenvalue weighted by Gasteiger charge is 2.27. The maximum atomic E-state index is 12.1. The lowest BCUT2D eigenvalue weighted by Crippen LogP contribution is -2.43. The number of hydrogen-bond acceptors (Lipinski definition) is 6. The van der Waals surface area contributed by atoms with E-state index in [0.717, 1.165) is 65.8 Å². The van der Waals surface area contributed by atoms with Crippen LogP contribution in [-0.4, -0.2) is 61.0 Å². The van der Waals surface area contributed by atoms with E-state index in [9.17, 15) is 4.79 Å². The molecule has 7 heteroatoms. The molecule has 0 unspecified atom stereocenters. The fraction of sp³-hybridized carbons (Fsp3) is 0.435. The number of nitrogens with zero attached hydrogens (tertiary/aromatic N) is 2. The second kappa shape index (κ2) is 8.83. The van der Waals surface area contributed by atoms with Crippen LogP contribution in [0.15, 0.2) is 41.9 Å². The van der Waals surface area contributed by atoms with Gasteiger partial charge in [-0.05, 0) is 31.0 Å². The van der Waals surface area contributed by atoms with Gasteiger partial charge in [0.2, 0.25) is 5.91 Å². The minimum absolute atomic E-state index is 0.0340. The van der Waals surface area contributed by atoms with Crippen LogP contribution in [0.2, 0.25) is 0 Å². The number of amides is 1. The van der Waals surface area contributed by atoms with Crippen LogP contribution in [-0.2, 0) is 9.53 Å². The number of rotatable bonds is 5. The summed E-state index contributed by atoms with van der Waals surface area (Å²) in [6.07, 6.45) is 6.14. The van der Waals surface area contributed by atoms with Crippen LogP contribution in [0.25, 0.3) is 10.8 Å². The first-order valence-electron chi connectivity index (χ1n) is 10.4. The number of pyridine rings is 1. The fourth-order valence-corrected chi connectivity index (χ4v) is 4.23. The molecule has 30 heavy (non-hydrogen) atoms. The largest absolute Gasteiger partial charge is 0.496 e. The molecule has 2 N–H and O–H groups in total. The highest BCUT2D eigenvalue weighted by molar-refractivity contribution is 6.19. The van der Waals surface area contributed by atoms with Gasteiger partial charge in [0.15, 0.2) is 0 Å². The van der Waals surface area contributed by atoms with E-state index in [-0.39, 0.29) is 5.91 Å². The SMILES string of the molecule is COc1ccc(C(=N)C2=C(NC3CCOCC3)CCN(C(C)=O)C2)c2cnccc12. The first-order valence-corrected chi connectivity index (χ1v) is 10.4. The number of carbonyl (C=O) groups excluding carboxylic acids is 1. The average molecular weight is 409 g/mol. The molecule has 158 valence electrons. The van der Waals surface area contributed by atoms with Gasteiger partial charge < -0.3 is 19.7 Å². The zero-order valence-corrected chi connectivity index (χ0v) is 17.5. The third-order valence-electron chi connectivity index (χ3n) is 5.96. The highest BCUT2D eigenvalue weighted by atomic mass is 16.5. The van der Waals surface area contributed by atoms with Gasteiger partial charge in [0, 0.05) is 85.7 Å². The number of carbonyl (C=O) groups is 1. The maximum absolute atomic E-state index is 12.1. The van der Waals surface area contributed by atoms with E-state index < -0.39 is 0 Å². The van der Waals surface area contributed by atoms with E-state index in [2.05, 4.69) is 10.3 Å². The molecule has 0 saturated carbocycles. The predicted molar refractivity (Wildman–Crippen MR) is 116 cm³/mol. The van der Waals surface area contributed by atoms with Gasteiger partial charge in [0.05, 0.1) is 12.8 Å². The van der Waals surface area contributed by atoms with Gasteiger partial charge in [-0.25, -0.2) is 0 Å². The van der Waals surface area contributed by atoms with Crippen molar-refractivity contribution in [3.8, 4) is 5.75 Å². The molecule has 0 radical (unpaired) electrons. The minimum atomic E-state index is 0.0340. The average Bonchev–Trinajstić information content (AvgIpc) is 2.78. The van der Waals surface area contributed by atoms with Gasteiger partial charge in [0.1, 0.15) is 5.75 Å². The van der Waals surface area contributed by atoms with Crippen molar-refractivity contribution < 1.29 is 14.3 Å². The maximum Gasteiger partial charge on any atom is 0.219 e. The summed E-state index contributed by atoms with van der Waals surface area (Å²) in [7, 11) is 1.64. The monoisotopic (exact) mass is 408 g/mol. The van der Waals surface area contributed by atoms with Crippen molar-refractivity contribution in [1.82, 2.24) is 15.2 Å². The molecular formula is C23H28N4O3. The van der Waals surface area contributed by atoms with Crippen LogP contribution < -0.4 is 10.1 Å². The zero-order valence-electron chi connectivity index (χ0n) is 17.5. The van der Waals surface area contributed by atoms with Gasteiger partial charge in [-0.1, -0.05) is 0 Å². The Morgan fingerprint density at radius 1 is 1.27 bits per heavy atom. The molecular weight excluding hydrogens is 380 g/mol. The molecule has 1 fully saturated rings. The van der Waals surface area contributed by atoms with E-state index in [4.69, 9.17) is 14.9 Å². The Hall–Kier alpha value is -2.93. The first kappa shape index (κ1) is 20.3. The number of ether oxygens (including phenoxy) is 2. The second-order valence-electron chi connectivity index (χ2n) is 7.79. The summed E-state index contributed by atoms with van der Waals surface area (Å²) in [5.41, 5.74) is 3.16. The Morgan fingerprint density at radius 2 is 2.07 bits per heavy atom. The number of methoxy groups -OCH3 is 1. The van der Waals surface area contributed by atoms with Crippen LogP contribution in [0, 0.1) is 5.41 Å². The molecule has 1 amide bonds. The van der Waals surface area contributed by atoms with E-state index in [0.29, 0.717) is 24.8 Å². The third-order valence-corrected chi connectivity index (χ3v) is 5.96. The lowest BCUT2D eigenvalue weighted by molar-refractivity contribution is -0.128. The molecule has 1 aromatic carbocycles. The Morgan fingerprint density at radius 3 is 2.80 bits per heavy atom. The van der Waals surface area contributed by atoms with Gasteiger partial charge in [-0.3, -0.25) is 15.2 Å². The van der Waals surface area contributed by atoms with Gasteiger partial charge in [0.25, 0.3) is 0 Å². The van der Waals surface area contributed by atoms with Crippen molar-refractivity contribution in [3.05, 3.63) is 47.4 Å². The number of fused-ring (bicyclic) bond motifs is 1. The van der Waals surface area contributed by atoms with Crippen LogP contribution in [0.4, 0.5) is 0 Å². The molecule has 1 saturated heterocycles. The molecule has 3 heterocycles. The summed E-state index contributed by atoms with van der Waals surface area (Å²) in [4.78, 5) is 18.1. The molecule has 2 aliphatic rings. The Labute approximate surface area is 176 Å². The van der Waals surface area contributed by atoms with Gasteiger partial charge in [-0.2, -0.15) is 0 Å². The molecule has 2 aliphatic heterocycles. The molecule has 4 rings (SSSR count). The van der Waals surface area contributed by atoms with Crippen molar-refractivity contribution in [2.24, 2.45) is 0 Å². The third kappa shape index (κ3) is 4.03. The Kier molecular flexibility index (Phi) is 5.99.